The van der Waals surface area contributed by atoms with E-state index in [-0.39, 0.29) is 0 Å². The Hall–Kier alpha value is -8.98. The Balaban J connectivity index is 1.17. The van der Waals surface area contributed by atoms with Gasteiger partial charge in [-0.2, -0.15) is 0 Å². The number of hydrogen-bond acceptors (Lipinski definition) is 0. The quantitative estimate of drug-likeness (QED) is 0.147. The van der Waals surface area contributed by atoms with Gasteiger partial charge in [0.15, 0.2) is 0 Å². The SMILES string of the molecule is c1ccc(-c2ccc3ccccc3c2-c2c3cccc(-c4cccc5c6ccccc6n(-c6ccccc6)c45)c3cc3c(-c4cccc5c6ccccc6n(-c6ccccc6)c45)cccc23)cc1. The summed E-state index contributed by atoms with van der Waals surface area (Å²) in [6, 6.07) is 94.0. The van der Waals surface area contributed by atoms with Gasteiger partial charge in [-0.25, -0.2) is 0 Å². The van der Waals surface area contributed by atoms with Crippen LogP contribution in [0.1, 0.15) is 0 Å². The van der Waals surface area contributed by atoms with Crippen LogP contribution < -0.4 is 0 Å². The summed E-state index contributed by atoms with van der Waals surface area (Å²) < 4.78 is 4.93. The molecular weight excluding hydrogens is 821 g/mol. The highest BCUT2D eigenvalue weighted by Gasteiger charge is 2.24. The summed E-state index contributed by atoms with van der Waals surface area (Å²) in [6.45, 7) is 0. The van der Waals surface area contributed by atoms with Crippen molar-refractivity contribution >= 4 is 75.9 Å². The summed E-state index contributed by atoms with van der Waals surface area (Å²) >= 11 is 0. The van der Waals surface area contributed by atoms with Crippen molar-refractivity contribution in [2.45, 2.75) is 0 Å². The first-order chi connectivity index (χ1) is 33.8. The summed E-state index contributed by atoms with van der Waals surface area (Å²) in [5, 5.41) is 12.3. The molecule has 2 heteroatoms. The molecule has 0 fully saturated rings. The summed E-state index contributed by atoms with van der Waals surface area (Å²) in [5.74, 6) is 0. The topological polar surface area (TPSA) is 9.86 Å². The second-order valence-electron chi connectivity index (χ2n) is 17.9. The molecule has 2 heterocycles. The predicted molar refractivity (Wildman–Crippen MR) is 289 cm³/mol. The van der Waals surface area contributed by atoms with Crippen molar-refractivity contribution in [3.05, 3.63) is 255 Å². The van der Waals surface area contributed by atoms with Gasteiger partial charge in [0.2, 0.25) is 0 Å². The molecule has 0 aliphatic rings. The zero-order chi connectivity index (χ0) is 44.7. The molecule has 14 aromatic rings. The van der Waals surface area contributed by atoms with Crippen molar-refractivity contribution in [2.24, 2.45) is 0 Å². The second-order valence-corrected chi connectivity index (χ2v) is 17.9. The number of benzene rings is 12. The van der Waals surface area contributed by atoms with Gasteiger partial charge in [-0.05, 0) is 108 Å². The minimum Gasteiger partial charge on any atom is -0.309 e. The number of rotatable bonds is 6. The van der Waals surface area contributed by atoms with Crippen LogP contribution in [0.5, 0.6) is 0 Å². The molecule has 0 bridgehead atoms. The lowest BCUT2D eigenvalue weighted by molar-refractivity contribution is 1.18. The predicted octanol–water partition coefficient (Wildman–Crippen LogP) is 18.0. The van der Waals surface area contributed by atoms with Crippen molar-refractivity contribution in [1.82, 2.24) is 9.13 Å². The molecule has 0 N–H and O–H groups in total. The van der Waals surface area contributed by atoms with Gasteiger partial charge in [0.25, 0.3) is 0 Å². The van der Waals surface area contributed by atoms with Gasteiger partial charge in [0.1, 0.15) is 0 Å². The van der Waals surface area contributed by atoms with Crippen molar-refractivity contribution < 1.29 is 0 Å². The minimum absolute atomic E-state index is 1.14. The maximum Gasteiger partial charge on any atom is 0.0619 e. The summed E-state index contributed by atoms with van der Waals surface area (Å²) in [4.78, 5) is 0. The van der Waals surface area contributed by atoms with Gasteiger partial charge in [-0.15, -0.1) is 0 Å². The molecule has 316 valence electrons. The van der Waals surface area contributed by atoms with Crippen molar-refractivity contribution in [3.63, 3.8) is 0 Å². The van der Waals surface area contributed by atoms with Gasteiger partial charge in [-0.1, -0.05) is 212 Å². The maximum atomic E-state index is 2.51. The number of para-hydroxylation sites is 6. The molecule has 0 aliphatic heterocycles. The lowest BCUT2D eigenvalue weighted by atomic mass is 9.82. The number of fused-ring (bicyclic) bond motifs is 9. The normalized spacial score (nSPS) is 11.8. The monoisotopic (exact) mass is 862 g/mol. The number of hydrogen-bond donors (Lipinski definition) is 0. The lowest BCUT2D eigenvalue weighted by Crippen LogP contribution is -1.97. The molecule has 0 radical (unpaired) electrons. The summed E-state index contributed by atoms with van der Waals surface area (Å²) in [7, 11) is 0. The van der Waals surface area contributed by atoms with Crippen LogP contribution in [0, 0.1) is 0 Å². The Morgan fingerprint density at radius 1 is 0.221 bits per heavy atom. The standard InChI is InChI=1S/C66H42N2/c1-4-20-43(21-5-1)48-41-40-44-22-10-11-27-47(44)63(48)64-53-32-16-30-49(55-34-18-36-57-51-28-12-14-38-61(51)67(65(55)57)45-23-6-2-7-24-45)59(53)42-60-50(31-17-33-54(60)64)56-35-19-37-58-52-29-13-15-39-62(52)68(66(56)58)46-25-8-3-9-26-46/h1-42H. The van der Waals surface area contributed by atoms with Gasteiger partial charge in [0.05, 0.1) is 22.1 Å². The molecule has 0 spiro atoms. The van der Waals surface area contributed by atoms with Crippen molar-refractivity contribution in [3.8, 4) is 55.9 Å². The third-order valence-corrected chi connectivity index (χ3v) is 14.3. The molecule has 0 unspecified atom stereocenters. The Labute approximate surface area is 393 Å². The molecule has 0 saturated heterocycles. The van der Waals surface area contributed by atoms with Gasteiger partial charge < -0.3 is 9.13 Å². The minimum atomic E-state index is 1.14. The van der Waals surface area contributed by atoms with Crippen LogP contribution in [-0.2, 0) is 0 Å². The fourth-order valence-electron chi connectivity index (χ4n) is 11.5. The highest BCUT2D eigenvalue weighted by molar-refractivity contribution is 6.26. The van der Waals surface area contributed by atoms with Gasteiger partial charge >= 0.3 is 0 Å². The van der Waals surface area contributed by atoms with E-state index in [1.807, 2.05) is 0 Å². The Bertz CT molecular complexity index is 4080. The molecule has 0 saturated carbocycles. The first-order valence-electron chi connectivity index (χ1n) is 23.5. The van der Waals surface area contributed by atoms with Crippen molar-refractivity contribution in [2.75, 3.05) is 0 Å². The maximum absolute atomic E-state index is 2.51. The molecule has 2 nitrogen and oxygen atoms in total. The van der Waals surface area contributed by atoms with Crippen LogP contribution in [0.3, 0.4) is 0 Å². The zero-order valence-corrected chi connectivity index (χ0v) is 37.1. The van der Waals surface area contributed by atoms with E-state index in [9.17, 15) is 0 Å². The van der Waals surface area contributed by atoms with Crippen LogP contribution in [0.4, 0.5) is 0 Å². The number of aromatic nitrogens is 2. The Kier molecular flexibility index (Phi) is 8.62. The third-order valence-electron chi connectivity index (χ3n) is 14.3. The Morgan fingerprint density at radius 2 is 0.632 bits per heavy atom. The first-order valence-corrected chi connectivity index (χ1v) is 23.5. The van der Waals surface area contributed by atoms with Crippen LogP contribution >= 0.6 is 0 Å². The van der Waals surface area contributed by atoms with Gasteiger partial charge in [-0.3, -0.25) is 0 Å². The van der Waals surface area contributed by atoms with E-state index < -0.39 is 0 Å². The highest BCUT2D eigenvalue weighted by Crippen LogP contribution is 2.50. The Morgan fingerprint density at radius 3 is 1.16 bits per heavy atom. The lowest BCUT2D eigenvalue weighted by Gasteiger charge is -2.22. The molecule has 12 aromatic carbocycles. The first kappa shape index (κ1) is 38.3. The van der Waals surface area contributed by atoms with E-state index >= 15 is 0 Å². The van der Waals surface area contributed by atoms with E-state index in [0.29, 0.717) is 0 Å². The molecule has 2 aromatic heterocycles. The highest BCUT2D eigenvalue weighted by atomic mass is 15.0. The zero-order valence-electron chi connectivity index (χ0n) is 37.1. The molecule has 0 amide bonds. The van der Waals surface area contributed by atoms with E-state index in [4.69, 9.17) is 0 Å². The molecule has 14 rings (SSSR count). The fourth-order valence-corrected chi connectivity index (χ4v) is 11.5. The van der Waals surface area contributed by atoms with Crippen LogP contribution in [0.2, 0.25) is 0 Å². The van der Waals surface area contributed by atoms with Crippen LogP contribution in [-0.4, -0.2) is 9.13 Å². The van der Waals surface area contributed by atoms with Crippen LogP contribution in [0.15, 0.2) is 255 Å². The smallest absolute Gasteiger partial charge is 0.0619 e. The van der Waals surface area contributed by atoms with E-state index in [0.717, 1.165) is 11.4 Å². The molecule has 68 heavy (non-hydrogen) atoms. The van der Waals surface area contributed by atoms with Crippen LogP contribution in [0.25, 0.3) is 132 Å². The van der Waals surface area contributed by atoms with Crippen molar-refractivity contribution in [1.29, 1.82) is 0 Å². The molecular formula is C66H42N2. The van der Waals surface area contributed by atoms with E-state index in [2.05, 4.69) is 264 Å². The average molecular weight is 863 g/mol. The number of nitrogens with zero attached hydrogens (tertiary/aromatic N) is 2. The third kappa shape index (κ3) is 5.71. The van der Waals surface area contributed by atoms with E-state index in [1.54, 1.807) is 0 Å². The largest absolute Gasteiger partial charge is 0.309 e. The second kappa shape index (κ2) is 15.3. The van der Waals surface area contributed by atoms with E-state index in [1.165, 1.54) is 120 Å². The molecule has 0 atom stereocenters. The molecule has 0 aliphatic carbocycles. The summed E-state index contributed by atoms with van der Waals surface area (Å²) in [6.07, 6.45) is 0. The van der Waals surface area contributed by atoms with Gasteiger partial charge in [0, 0.05) is 44.0 Å². The summed E-state index contributed by atoms with van der Waals surface area (Å²) in [5.41, 5.74) is 16.8. The average Bonchev–Trinajstić information content (AvgIpc) is 3.94. The fraction of sp³-hybridized carbons (Fsp3) is 0.